The fourth-order valence-electron chi connectivity index (χ4n) is 0.932. The summed E-state index contributed by atoms with van der Waals surface area (Å²) < 4.78 is 0. The van der Waals surface area contributed by atoms with E-state index in [1.54, 1.807) is 0 Å². The van der Waals surface area contributed by atoms with E-state index in [0.717, 1.165) is 18.4 Å². The zero-order valence-electron chi connectivity index (χ0n) is 11.6. The summed E-state index contributed by atoms with van der Waals surface area (Å²) in [5.41, 5.74) is 37.1. The van der Waals surface area contributed by atoms with Crippen molar-refractivity contribution in [2.45, 2.75) is 26.7 Å². The molecule has 0 aromatic heterocycles. The second-order valence-corrected chi connectivity index (χ2v) is 3.33. The van der Waals surface area contributed by atoms with Gasteiger partial charge in [0.25, 0.3) is 0 Å². The van der Waals surface area contributed by atoms with Crippen LogP contribution in [0.25, 0.3) is 0 Å². The zero-order valence-corrected chi connectivity index (χ0v) is 11.6. The summed E-state index contributed by atoms with van der Waals surface area (Å²) in [5, 5.41) is 0. The minimum absolute atomic E-state index is 1.01. The maximum atomic E-state index is 3.31. The zero-order chi connectivity index (χ0) is 14.9. The van der Waals surface area contributed by atoms with E-state index in [4.69, 9.17) is 0 Å². The first-order valence-electron chi connectivity index (χ1n) is 5.91. The first-order chi connectivity index (χ1) is 9.81. The molecule has 0 aliphatic rings. The van der Waals surface area contributed by atoms with Gasteiger partial charge in [-0.1, -0.05) is 24.8 Å². The van der Waals surface area contributed by atoms with Crippen LogP contribution in [-0.4, -0.2) is 0 Å². The first-order valence-corrected chi connectivity index (χ1v) is 5.91. The molecule has 0 amide bonds. The molecule has 0 fully saturated rings. The van der Waals surface area contributed by atoms with E-state index < -0.39 is 0 Å². The van der Waals surface area contributed by atoms with E-state index in [1.165, 1.54) is 0 Å². The minimum Gasteiger partial charge on any atom is -0.0687 e. The smallest absolute Gasteiger partial charge is 0.00000000000926 e. The summed E-state index contributed by atoms with van der Waals surface area (Å²) in [6.07, 6.45) is 2.10. The largest absolute Gasteiger partial charge is 0.0687 e. The minimum atomic E-state index is 1.01. The summed E-state index contributed by atoms with van der Waals surface area (Å²) in [5.74, 6) is 0. The molecule has 0 aliphatic heterocycles. The van der Waals surface area contributed by atoms with Crippen LogP contribution >= 0.6 is 0 Å². The van der Waals surface area contributed by atoms with Crippen LogP contribution in [0.15, 0.2) is 92.4 Å². The van der Waals surface area contributed by atoms with Gasteiger partial charge in [0.2, 0.25) is 0 Å². The van der Waals surface area contributed by atoms with Gasteiger partial charge in [0.1, 0.15) is 0 Å². The van der Waals surface area contributed by atoms with E-state index in [2.05, 4.69) is 93.7 Å². The van der Waals surface area contributed by atoms with Crippen molar-refractivity contribution in [3.63, 3.8) is 0 Å². The molecule has 0 saturated carbocycles. The Hall–Kier alpha value is -3.34. The second-order valence-electron chi connectivity index (χ2n) is 3.33. The summed E-state index contributed by atoms with van der Waals surface area (Å²) in [4.78, 5) is 0. The van der Waals surface area contributed by atoms with Gasteiger partial charge in [0.15, 0.2) is 0 Å². The molecule has 0 spiro atoms. The van der Waals surface area contributed by atoms with E-state index in [1.807, 2.05) is 6.92 Å². The van der Waals surface area contributed by atoms with Gasteiger partial charge in [0.05, 0.1) is 0 Å². The average Bonchev–Trinajstić information content (AvgIpc) is 2.44. The Morgan fingerprint density at radius 2 is 1.10 bits per heavy atom. The van der Waals surface area contributed by atoms with Crippen molar-refractivity contribution in [1.82, 2.24) is 0 Å². The summed E-state index contributed by atoms with van der Waals surface area (Å²) in [6.45, 7) is 7.43. The topological polar surface area (TPSA) is 0 Å². The highest BCUT2D eigenvalue weighted by atomic mass is 13.8. The van der Waals surface area contributed by atoms with E-state index >= 15 is 0 Å². The Morgan fingerprint density at radius 1 is 0.700 bits per heavy atom. The van der Waals surface area contributed by atoms with Crippen molar-refractivity contribution in [3.05, 3.63) is 92.4 Å². The van der Waals surface area contributed by atoms with Crippen LogP contribution in [0.3, 0.4) is 0 Å². The molecule has 0 bridgehead atoms. The third-order valence-electron chi connectivity index (χ3n) is 1.68. The molecule has 0 unspecified atom stereocenters. The molecule has 20 heavy (non-hydrogen) atoms. The molecule has 0 rings (SSSR count). The summed E-state index contributed by atoms with van der Waals surface area (Å²) in [7, 11) is 0. The molecule has 0 heterocycles. The molecule has 0 atom stereocenters. The molecule has 0 heteroatoms. The molecular weight excluding hydrogens is 240 g/mol. The van der Waals surface area contributed by atoms with Gasteiger partial charge in [-0.2, -0.15) is 0 Å². The molecule has 0 nitrogen and oxygen atoms in total. The predicted molar refractivity (Wildman–Crippen MR) is 78.9 cm³/mol. The van der Waals surface area contributed by atoms with Gasteiger partial charge in [-0.25, -0.2) is 0 Å². The van der Waals surface area contributed by atoms with Gasteiger partial charge >= 0.3 is 0 Å². The molecule has 92 valence electrons. The fraction of sp³-hybridized carbons (Fsp3) is 0.200. The Bertz CT molecular complexity index is 865. The third kappa shape index (κ3) is 12.7. The molecule has 0 aromatic rings. The van der Waals surface area contributed by atoms with Crippen LogP contribution in [0.1, 0.15) is 26.7 Å². The lowest BCUT2D eigenvalue weighted by atomic mass is 10.2. The lowest BCUT2D eigenvalue weighted by Crippen LogP contribution is -1.68. The van der Waals surface area contributed by atoms with Crippen LogP contribution in [0.2, 0.25) is 0 Å². The number of allylic oxidation sites excluding steroid dienone is 1. The number of rotatable bonds is 2. The van der Waals surface area contributed by atoms with Gasteiger partial charge < -0.3 is 0 Å². The van der Waals surface area contributed by atoms with Crippen LogP contribution < -0.4 is 0 Å². The maximum absolute atomic E-state index is 3.31. The third-order valence-corrected chi connectivity index (χ3v) is 1.68. The maximum Gasteiger partial charge on any atom is -0.00000000000926 e. The SMILES string of the molecule is C=C=C=C=C=C=C=C=C=C=C=C=C=C=C=C(C)CCC. The number of hydrogen-bond donors (Lipinski definition) is 0. The highest BCUT2D eigenvalue weighted by molar-refractivity contribution is 4.98. The Morgan fingerprint density at radius 3 is 1.50 bits per heavy atom. The quantitative estimate of drug-likeness (QED) is 0.633. The first kappa shape index (κ1) is 16.7. The van der Waals surface area contributed by atoms with Crippen molar-refractivity contribution in [2.24, 2.45) is 0 Å². The van der Waals surface area contributed by atoms with Crippen molar-refractivity contribution < 1.29 is 0 Å². The van der Waals surface area contributed by atoms with Crippen LogP contribution in [0.4, 0.5) is 0 Å². The Balaban J connectivity index is 5.55. The molecule has 0 aromatic carbocycles. The molecular formula is C20H12. The van der Waals surface area contributed by atoms with Crippen molar-refractivity contribution >= 4 is 0 Å². The second kappa shape index (κ2) is 13.7. The van der Waals surface area contributed by atoms with Crippen LogP contribution in [-0.2, 0) is 0 Å². The van der Waals surface area contributed by atoms with Gasteiger partial charge in [-0.3, -0.25) is 0 Å². The standard InChI is InChI=1S/C20H12/c1-4-6-7-8-9-10-11-12-13-14-15-16-17-19-20(3)18-5-2/h1,5,18H2,2-3H3. The van der Waals surface area contributed by atoms with Crippen molar-refractivity contribution in [2.75, 3.05) is 0 Å². The van der Waals surface area contributed by atoms with E-state index in [-0.39, 0.29) is 0 Å². The predicted octanol–water partition coefficient (Wildman–Crippen LogP) is 4.53. The Kier molecular flexibility index (Phi) is 11.4. The monoisotopic (exact) mass is 252 g/mol. The van der Waals surface area contributed by atoms with Crippen LogP contribution in [0, 0.1) is 0 Å². The number of hydrogen-bond acceptors (Lipinski definition) is 0. The lowest BCUT2D eigenvalue weighted by molar-refractivity contribution is 0.908. The normalized spacial score (nSPS) is 5.30. The van der Waals surface area contributed by atoms with Crippen LogP contribution in [0.5, 0.6) is 0 Å². The van der Waals surface area contributed by atoms with E-state index in [9.17, 15) is 0 Å². The van der Waals surface area contributed by atoms with Crippen molar-refractivity contribution in [3.8, 4) is 0 Å². The summed E-state index contributed by atoms with van der Waals surface area (Å²) in [6, 6.07) is 0. The highest BCUT2D eigenvalue weighted by Gasteiger charge is 1.80. The summed E-state index contributed by atoms with van der Waals surface area (Å²) >= 11 is 0. The molecule has 0 aliphatic carbocycles. The Labute approximate surface area is 119 Å². The lowest BCUT2D eigenvalue weighted by Gasteiger charge is -1.86. The van der Waals surface area contributed by atoms with Gasteiger partial charge in [0, 0.05) is 0 Å². The molecule has 0 N–H and O–H groups in total. The van der Waals surface area contributed by atoms with Gasteiger partial charge in [-0.15, -0.1) is 0 Å². The van der Waals surface area contributed by atoms with Gasteiger partial charge in [-0.05, 0) is 94.3 Å². The van der Waals surface area contributed by atoms with E-state index in [0.29, 0.717) is 0 Å². The molecule has 0 saturated heterocycles. The highest BCUT2D eigenvalue weighted by Crippen LogP contribution is 1.98. The average molecular weight is 252 g/mol. The fourth-order valence-corrected chi connectivity index (χ4v) is 0.932. The molecule has 0 radical (unpaired) electrons. The van der Waals surface area contributed by atoms with Crippen molar-refractivity contribution in [1.29, 1.82) is 0 Å².